The highest BCUT2D eigenvalue weighted by atomic mass is 16.1. The maximum absolute atomic E-state index is 12.2. The Balaban J connectivity index is 1.44. The largest absolute Gasteiger partial charge is 0.355 e. The highest BCUT2D eigenvalue weighted by Crippen LogP contribution is 2.35. The van der Waals surface area contributed by atoms with Crippen LogP contribution in [0, 0.1) is 11.8 Å². The van der Waals surface area contributed by atoms with Crippen LogP contribution in [0.15, 0.2) is 30.3 Å². The molecule has 0 radical (unpaired) electrons. The molecule has 1 aromatic carbocycles. The molecule has 2 N–H and O–H groups in total. The van der Waals surface area contributed by atoms with Gasteiger partial charge < -0.3 is 10.6 Å². The zero-order valence-electron chi connectivity index (χ0n) is 12.0. The average Bonchev–Trinajstić information content (AvgIpc) is 2.46. The van der Waals surface area contributed by atoms with Crippen molar-refractivity contribution in [2.45, 2.75) is 31.6 Å². The topological polar surface area (TPSA) is 41.1 Å². The summed E-state index contributed by atoms with van der Waals surface area (Å²) in [5.74, 6) is 1.82. The van der Waals surface area contributed by atoms with Gasteiger partial charge in [-0.05, 0) is 37.2 Å². The molecule has 0 unspecified atom stereocenters. The van der Waals surface area contributed by atoms with Gasteiger partial charge in [0.1, 0.15) is 0 Å². The van der Waals surface area contributed by atoms with Crippen molar-refractivity contribution in [3.05, 3.63) is 35.9 Å². The van der Waals surface area contributed by atoms with Gasteiger partial charge in [0.05, 0.1) is 0 Å². The van der Waals surface area contributed by atoms with E-state index in [1.54, 1.807) is 0 Å². The van der Waals surface area contributed by atoms with Gasteiger partial charge in [0, 0.05) is 31.5 Å². The Labute approximate surface area is 121 Å². The smallest absolute Gasteiger partial charge is 0.223 e. The Morgan fingerprint density at radius 1 is 1.10 bits per heavy atom. The van der Waals surface area contributed by atoms with E-state index in [4.69, 9.17) is 0 Å². The molecule has 1 heterocycles. The molecular formula is C17H24N2O. The summed E-state index contributed by atoms with van der Waals surface area (Å²) >= 11 is 0. The fourth-order valence-electron chi connectivity index (χ4n) is 3.30. The highest BCUT2D eigenvalue weighted by Gasteiger charge is 2.27. The quantitative estimate of drug-likeness (QED) is 0.883. The molecule has 3 nitrogen and oxygen atoms in total. The molecule has 108 valence electrons. The van der Waals surface area contributed by atoms with Crippen molar-refractivity contribution in [3.8, 4) is 0 Å². The number of rotatable bonds is 4. The molecule has 3 heteroatoms. The molecule has 2 aliphatic rings. The molecule has 20 heavy (non-hydrogen) atoms. The molecular weight excluding hydrogens is 248 g/mol. The number of benzene rings is 1. The Bertz CT molecular complexity index is 434. The monoisotopic (exact) mass is 272 g/mol. The Morgan fingerprint density at radius 2 is 1.80 bits per heavy atom. The van der Waals surface area contributed by atoms with Crippen molar-refractivity contribution in [1.82, 2.24) is 10.6 Å². The first-order chi connectivity index (χ1) is 9.83. The lowest BCUT2D eigenvalue weighted by Crippen LogP contribution is -2.49. The molecule has 1 aliphatic carbocycles. The van der Waals surface area contributed by atoms with Crippen molar-refractivity contribution < 1.29 is 4.79 Å². The SMILES string of the molecule is O=C(NCC1CNC1)C1CCC(c2ccccc2)CC1. The van der Waals surface area contributed by atoms with Crippen LogP contribution in [0.25, 0.3) is 0 Å². The van der Waals surface area contributed by atoms with Crippen LogP contribution < -0.4 is 10.6 Å². The van der Waals surface area contributed by atoms with Gasteiger partial charge in [0.2, 0.25) is 5.91 Å². The Morgan fingerprint density at radius 3 is 2.40 bits per heavy atom. The van der Waals surface area contributed by atoms with Crippen LogP contribution in [0.4, 0.5) is 0 Å². The minimum atomic E-state index is 0.239. The molecule has 0 atom stereocenters. The molecule has 1 amide bonds. The number of hydrogen-bond donors (Lipinski definition) is 2. The summed E-state index contributed by atoms with van der Waals surface area (Å²) in [5, 5.41) is 6.37. The molecule has 2 fully saturated rings. The predicted octanol–water partition coefficient (Wildman–Crippen LogP) is 2.30. The number of carbonyl (C=O) groups excluding carboxylic acids is 1. The van der Waals surface area contributed by atoms with Crippen molar-refractivity contribution in [2.75, 3.05) is 19.6 Å². The summed E-state index contributed by atoms with van der Waals surface area (Å²) in [7, 11) is 0. The van der Waals surface area contributed by atoms with E-state index >= 15 is 0 Å². The zero-order valence-corrected chi connectivity index (χ0v) is 12.0. The van der Waals surface area contributed by atoms with Crippen LogP contribution >= 0.6 is 0 Å². The molecule has 1 aliphatic heterocycles. The first-order valence-electron chi connectivity index (χ1n) is 7.86. The third kappa shape index (κ3) is 3.21. The predicted molar refractivity (Wildman–Crippen MR) is 80.5 cm³/mol. The van der Waals surface area contributed by atoms with Crippen LogP contribution in [0.1, 0.15) is 37.2 Å². The third-order valence-corrected chi connectivity index (χ3v) is 4.80. The third-order valence-electron chi connectivity index (χ3n) is 4.80. The van der Waals surface area contributed by atoms with Crippen molar-refractivity contribution in [2.24, 2.45) is 11.8 Å². The van der Waals surface area contributed by atoms with E-state index in [9.17, 15) is 4.79 Å². The molecule has 0 spiro atoms. The normalized spacial score (nSPS) is 26.8. The zero-order chi connectivity index (χ0) is 13.8. The Kier molecular flexibility index (Phi) is 4.36. The van der Waals surface area contributed by atoms with Crippen LogP contribution in [-0.2, 0) is 4.79 Å². The second kappa shape index (κ2) is 6.40. The minimum Gasteiger partial charge on any atom is -0.355 e. The maximum atomic E-state index is 12.2. The van der Waals surface area contributed by atoms with Crippen LogP contribution in [-0.4, -0.2) is 25.5 Å². The van der Waals surface area contributed by atoms with E-state index < -0.39 is 0 Å². The van der Waals surface area contributed by atoms with Gasteiger partial charge >= 0.3 is 0 Å². The second-order valence-corrected chi connectivity index (χ2v) is 6.23. The lowest BCUT2D eigenvalue weighted by atomic mass is 9.78. The Hall–Kier alpha value is -1.35. The highest BCUT2D eigenvalue weighted by molar-refractivity contribution is 5.78. The van der Waals surface area contributed by atoms with E-state index in [0.717, 1.165) is 45.3 Å². The van der Waals surface area contributed by atoms with Gasteiger partial charge in [0.25, 0.3) is 0 Å². The summed E-state index contributed by atoms with van der Waals surface area (Å²) in [6.07, 6.45) is 4.36. The average molecular weight is 272 g/mol. The van der Waals surface area contributed by atoms with Crippen molar-refractivity contribution >= 4 is 5.91 Å². The molecule has 1 aromatic rings. The maximum Gasteiger partial charge on any atom is 0.223 e. The fourth-order valence-corrected chi connectivity index (χ4v) is 3.30. The number of hydrogen-bond acceptors (Lipinski definition) is 2. The fraction of sp³-hybridized carbons (Fsp3) is 0.588. The van der Waals surface area contributed by atoms with Gasteiger partial charge in [-0.15, -0.1) is 0 Å². The van der Waals surface area contributed by atoms with Crippen molar-refractivity contribution in [3.63, 3.8) is 0 Å². The number of amides is 1. The lowest BCUT2D eigenvalue weighted by Gasteiger charge is -2.30. The molecule has 3 rings (SSSR count). The van der Waals surface area contributed by atoms with Gasteiger partial charge in [0.15, 0.2) is 0 Å². The van der Waals surface area contributed by atoms with Gasteiger partial charge in [-0.2, -0.15) is 0 Å². The molecule has 1 saturated carbocycles. The summed E-state index contributed by atoms with van der Waals surface area (Å²) in [6, 6.07) is 10.7. The summed E-state index contributed by atoms with van der Waals surface area (Å²) in [5.41, 5.74) is 1.44. The standard InChI is InChI=1S/C17H24N2O/c20-17(19-12-13-10-18-11-13)16-8-6-15(7-9-16)14-4-2-1-3-5-14/h1-5,13,15-16,18H,6-12H2,(H,19,20). The van der Waals surface area contributed by atoms with Crippen LogP contribution in [0.3, 0.4) is 0 Å². The van der Waals surface area contributed by atoms with Crippen molar-refractivity contribution in [1.29, 1.82) is 0 Å². The van der Waals surface area contributed by atoms with Gasteiger partial charge in [-0.3, -0.25) is 4.79 Å². The molecule has 0 bridgehead atoms. The first kappa shape index (κ1) is 13.6. The lowest BCUT2D eigenvalue weighted by molar-refractivity contribution is -0.126. The van der Waals surface area contributed by atoms with E-state index in [-0.39, 0.29) is 11.8 Å². The van der Waals surface area contributed by atoms with Crippen LogP contribution in [0.5, 0.6) is 0 Å². The molecule has 1 saturated heterocycles. The van der Waals surface area contributed by atoms with E-state index in [1.165, 1.54) is 5.56 Å². The van der Waals surface area contributed by atoms with E-state index in [0.29, 0.717) is 11.8 Å². The molecule has 0 aromatic heterocycles. The van der Waals surface area contributed by atoms with Gasteiger partial charge in [-0.1, -0.05) is 30.3 Å². The van der Waals surface area contributed by atoms with E-state index in [2.05, 4.69) is 41.0 Å². The minimum absolute atomic E-state index is 0.239. The number of nitrogens with one attached hydrogen (secondary N) is 2. The van der Waals surface area contributed by atoms with Gasteiger partial charge in [-0.25, -0.2) is 0 Å². The van der Waals surface area contributed by atoms with E-state index in [1.807, 2.05) is 0 Å². The first-order valence-corrected chi connectivity index (χ1v) is 7.86. The summed E-state index contributed by atoms with van der Waals surface area (Å²) in [6.45, 7) is 2.96. The number of carbonyl (C=O) groups is 1. The summed E-state index contributed by atoms with van der Waals surface area (Å²) < 4.78 is 0. The summed E-state index contributed by atoms with van der Waals surface area (Å²) in [4.78, 5) is 12.2. The van der Waals surface area contributed by atoms with Crippen LogP contribution in [0.2, 0.25) is 0 Å². The second-order valence-electron chi connectivity index (χ2n) is 6.23.